The Morgan fingerprint density at radius 3 is 2.86 bits per heavy atom. The van der Waals surface area contributed by atoms with Gasteiger partial charge in [-0.15, -0.1) is 0 Å². The highest BCUT2D eigenvalue weighted by atomic mass is 35.5. The van der Waals surface area contributed by atoms with Crippen LogP contribution in [0.2, 0.25) is 0 Å². The molecule has 1 heterocycles. The van der Waals surface area contributed by atoms with Crippen LogP contribution >= 0.6 is 11.6 Å². The summed E-state index contributed by atoms with van der Waals surface area (Å²) < 4.78 is 0. The van der Waals surface area contributed by atoms with E-state index in [9.17, 15) is 0 Å². The van der Waals surface area contributed by atoms with E-state index in [2.05, 4.69) is 24.0 Å². The molecule has 0 bridgehead atoms. The van der Waals surface area contributed by atoms with Crippen molar-refractivity contribution >= 4 is 23.1 Å². The molecule has 1 N–H and O–H groups in total. The van der Waals surface area contributed by atoms with Gasteiger partial charge >= 0.3 is 0 Å². The lowest BCUT2D eigenvalue weighted by Gasteiger charge is -2.22. The van der Waals surface area contributed by atoms with Crippen LogP contribution < -0.4 is 5.43 Å². The van der Waals surface area contributed by atoms with E-state index in [0.29, 0.717) is 0 Å². The van der Waals surface area contributed by atoms with Gasteiger partial charge < -0.3 is 0 Å². The number of hydrogen-bond acceptors (Lipinski definition) is 3. The van der Waals surface area contributed by atoms with Gasteiger partial charge in [0.15, 0.2) is 5.84 Å². The molecule has 0 aromatic rings. The summed E-state index contributed by atoms with van der Waals surface area (Å²) in [5.41, 5.74) is 6.32. The van der Waals surface area contributed by atoms with E-state index < -0.39 is 0 Å². The predicted octanol–water partition coefficient (Wildman–Crippen LogP) is 4.26. The van der Waals surface area contributed by atoms with Gasteiger partial charge in [-0.3, -0.25) is 5.43 Å². The Morgan fingerprint density at radius 2 is 2.24 bits per heavy atom. The Morgan fingerprint density at radius 1 is 1.43 bits per heavy atom. The summed E-state index contributed by atoms with van der Waals surface area (Å²) in [4.78, 5) is 4.75. The number of hydrazone groups is 1. The van der Waals surface area contributed by atoms with Crippen molar-refractivity contribution in [2.24, 2.45) is 10.1 Å². The van der Waals surface area contributed by atoms with Crippen molar-refractivity contribution < 1.29 is 0 Å². The van der Waals surface area contributed by atoms with Crippen molar-refractivity contribution in [1.29, 1.82) is 0 Å². The average Bonchev–Trinajstić information content (AvgIpc) is 2.50. The summed E-state index contributed by atoms with van der Waals surface area (Å²) in [6.45, 7) is 7.76. The molecule has 1 aliphatic carbocycles. The third-order valence-electron chi connectivity index (χ3n) is 3.40. The molecule has 1 atom stereocenters. The number of allylic oxidation sites excluding steroid dienone is 7. The summed E-state index contributed by atoms with van der Waals surface area (Å²) in [6, 6.07) is 0.0812. The van der Waals surface area contributed by atoms with Crippen LogP contribution in [0, 0.1) is 0 Å². The first-order valence-electron chi connectivity index (χ1n) is 7.09. The third kappa shape index (κ3) is 3.82. The van der Waals surface area contributed by atoms with Crippen LogP contribution in [0.25, 0.3) is 0 Å². The molecule has 0 unspecified atom stereocenters. The smallest absolute Gasteiger partial charge is 0.175 e. The van der Waals surface area contributed by atoms with E-state index in [1.165, 1.54) is 0 Å². The Bertz CT molecular complexity index is 604. The van der Waals surface area contributed by atoms with E-state index in [4.69, 9.17) is 16.6 Å². The summed E-state index contributed by atoms with van der Waals surface area (Å²) in [5, 5.41) is 5.25. The molecule has 1 aliphatic heterocycles. The van der Waals surface area contributed by atoms with Crippen LogP contribution in [-0.4, -0.2) is 17.6 Å². The molecule has 4 heteroatoms. The summed E-state index contributed by atoms with van der Waals surface area (Å²) in [7, 11) is 0. The number of rotatable bonds is 4. The van der Waals surface area contributed by atoms with Crippen LogP contribution in [0.5, 0.6) is 0 Å². The van der Waals surface area contributed by atoms with Crippen molar-refractivity contribution in [3.63, 3.8) is 0 Å². The molecule has 0 aromatic heterocycles. The highest BCUT2D eigenvalue weighted by molar-refractivity contribution is 6.30. The maximum absolute atomic E-state index is 6.00. The lowest BCUT2D eigenvalue weighted by atomic mass is 10.0. The first-order valence-corrected chi connectivity index (χ1v) is 7.46. The van der Waals surface area contributed by atoms with Gasteiger partial charge in [-0.25, -0.2) is 4.99 Å². The summed E-state index contributed by atoms with van der Waals surface area (Å²) >= 11 is 6.00. The molecule has 0 aromatic carbocycles. The van der Waals surface area contributed by atoms with Crippen LogP contribution in [-0.2, 0) is 0 Å². The van der Waals surface area contributed by atoms with Crippen LogP contribution in [0.1, 0.15) is 26.7 Å². The Hall–Kier alpha value is -1.87. The minimum absolute atomic E-state index is 0.0812. The summed E-state index contributed by atoms with van der Waals surface area (Å²) in [5.74, 6) is 0.745. The lowest BCUT2D eigenvalue weighted by Crippen LogP contribution is -2.36. The highest BCUT2D eigenvalue weighted by Gasteiger charge is 2.20. The Labute approximate surface area is 131 Å². The summed E-state index contributed by atoms with van der Waals surface area (Å²) in [6.07, 6.45) is 13.4. The quantitative estimate of drug-likeness (QED) is 0.774. The zero-order valence-corrected chi connectivity index (χ0v) is 13.2. The molecule has 21 heavy (non-hydrogen) atoms. The molecule has 0 spiro atoms. The number of nitrogens with one attached hydrogen (secondary N) is 1. The number of halogens is 1. The fourth-order valence-electron chi connectivity index (χ4n) is 2.21. The van der Waals surface area contributed by atoms with Crippen LogP contribution in [0.3, 0.4) is 0 Å². The maximum atomic E-state index is 6.00. The zero-order chi connectivity index (χ0) is 15.2. The minimum atomic E-state index is 0.0812. The highest BCUT2D eigenvalue weighted by Crippen LogP contribution is 2.23. The number of aliphatic imine (C=N–C) groups is 1. The molecule has 0 fully saturated rings. The van der Waals surface area contributed by atoms with Gasteiger partial charge in [0.2, 0.25) is 0 Å². The predicted molar refractivity (Wildman–Crippen MR) is 91.8 cm³/mol. The van der Waals surface area contributed by atoms with Crippen molar-refractivity contribution in [3.8, 4) is 0 Å². The van der Waals surface area contributed by atoms with Gasteiger partial charge in [-0.05, 0) is 43.9 Å². The van der Waals surface area contributed by atoms with E-state index in [-0.39, 0.29) is 6.04 Å². The largest absolute Gasteiger partial charge is 0.299 e. The number of hydrogen-bond donors (Lipinski definition) is 1. The monoisotopic (exact) mass is 301 g/mol. The second kappa shape index (κ2) is 7.23. The number of amidine groups is 1. The van der Waals surface area contributed by atoms with Crippen LogP contribution in [0.4, 0.5) is 0 Å². The van der Waals surface area contributed by atoms with Crippen molar-refractivity contribution in [1.82, 2.24) is 5.43 Å². The molecule has 3 nitrogen and oxygen atoms in total. The van der Waals surface area contributed by atoms with E-state index in [1.54, 1.807) is 6.08 Å². The molecule has 0 radical (unpaired) electrons. The molecular formula is C17H20ClN3. The van der Waals surface area contributed by atoms with Gasteiger partial charge in [0.1, 0.15) is 0 Å². The fourth-order valence-corrected chi connectivity index (χ4v) is 2.37. The third-order valence-corrected chi connectivity index (χ3v) is 3.72. The van der Waals surface area contributed by atoms with Crippen molar-refractivity contribution in [2.45, 2.75) is 32.7 Å². The number of nitrogens with zero attached hydrogens (tertiary/aromatic N) is 2. The maximum Gasteiger partial charge on any atom is 0.175 e. The second-order valence-corrected chi connectivity index (χ2v) is 5.41. The first kappa shape index (κ1) is 15.5. The van der Waals surface area contributed by atoms with E-state index in [0.717, 1.165) is 40.6 Å². The second-order valence-electron chi connectivity index (χ2n) is 4.93. The topological polar surface area (TPSA) is 36.8 Å². The van der Waals surface area contributed by atoms with E-state index in [1.807, 2.05) is 37.3 Å². The van der Waals surface area contributed by atoms with Gasteiger partial charge in [0.05, 0.1) is 11.8 Å². The van der Waals surface area contributed by atoms with Crippen molar-refractivity contribution in [2.75, 3.05) is 0 Å². The van der Waals surface area contributed by atoms with Crippen LogP contribution in [0.15, 0.2) is 69.3 Å². The molecule has 2 rings (SSSR count). The molecule has 2 aliphatic rings. The SMILES string of the molecule is C=C/C=C\C(=C/C)C1=NC(C2=CC=C(Cl)CC2)=NN[C@H]1C. The zero-order valence-electron chi connectivity index (χ0n) is 12.4. The Balaban J connectivity index is 2.31. The Kier molecular flexibility index (Phi) is 5.34. The van der Waals surface area contributed by atoms with Gasteiger partial charge in [0, 0.05) is 5.03 Å². The van der Waals surface area contributed by atoms with Gasteiger partial charge in [-0.1, -0.05) is 48.6 Å². The minimum Gasteiger partial charge on any atom is -0.299 e. The average molecular weight is 302 g/mol. The van der Waals surface area contributed by atoms with E-state index >= 15 is 0 Å². The molecule has 110 valence electrons. The first-order chi connectivity index (χ1) is 10.2. The standard InChI is InChI=1S/C17H20ClN3/c1-4-6-7-13(5-2)16-12(3)20-21-17(19-16)14-8-10-15(18)11-9-14/h4-8,10,12,20H,1,9,11H2,2-3H3/b7-6-,13-5+/t12-/m0/s1. The van der Waals surface area contributed by atoms with Gasteiger partial charge in [-0.2, -0.15) is 5.10 Å². The molecule has 0 saturated carbocycles. The molecular weight excluding hydrogens is 282 g/mol. The normalized spacial score (nSPS) is 23.0. The lowest BCUT2D eigenvalue weighted by molar-refractivity contribution is 0.688. The van der Waals surface area contributed by atoms with Crippen molar-refractivity contribution in [3.05, 3.63) is 59.2 Å². The molecule has 0 saturated heterocycles. The van der Waals surface area contributed by atoms with Gasteiger partial charge in [0.25, 0.3) is 0 Å². The molecule has 0 amide bonds. The fraction of sp³-hybridized carbons (Fsp3) is 0.294.